The number of H-pyrrole nitrogens is 2. The first-order valence-corrected chi connectivity index (χ1v) is 21.8. The molecule has 0 unspecified atom stereocenters. The van der Waals surface area contributed by atoms with Crippen LogP contribution in [0.3, 0.4) is 0 Å². The molecule has 345 valence electrons. The van der Waals surface area contributed by atoms with E-state index in [9.17, 15) is 29.7 Å². The van der Waals surface area contributed by atoms with Crippen molar-refractivity contribution in [1.82, 2.24) is 54.5 Å². The molecule has 2 N–H and O–H groups in total. The number of carboxylic acids is 3. The van der Waals surface area contributed by atoms with Crippen LogP contribution in [0.25, 0.3) is 45.3 Å². The van der Waals surface area contributed by atoms with E-state index < -0.39 is 17.9 Å². The average molecular weight is 1040 g/mol. The van der Waals surface area contributed by atoms with Gasteiger partial charge in [0.15, 0.2) is 0 Å². The Morgan fingerprint density at radius 1 is 0.682 bits per heavy atom. The van der Waals surface area contributed by atoms with Crippen LogP contribution in [0.15, 0.2) is 72.9 Å². The van der Waals surface area contributed by atoms with Crippen molar-refractivity contribution in [2.75, 3.05) is 78.5 Å². The molecule has 5 aromatic rings. The summed E-state index contributed by atoms with van der Waals surface area (Å²) in [6, 6.07) is 22.4. The average Bonchev–Trinajstić information content (AvgIpc) is 4.11. The van der Waals surface area contributed by atoms with Crippen molar-refractivity contribution in [1.29, 1.82) is 0 Å². The normalized spacial score (nSPS) is 16.5. The van der Waals surface area contributed by atoms with Gasteiger partial charge in [0, 0.05) is 129 Å². The fourth-order valence-electron chi connectivity index (χ4n) is 8.42. The minimum atomic E-state index is -1.27. The van der Waals surface area contributed by atoms with Crippen molar-refractivity contribution < 1.29 is 74.4 Å². The van der Waals surface area contributed by atoms with Crippen molar-refractivity contribution in [2.45, 2.75) is 38.8 Å². The molecule has 3 aliphatic heterocycles. The second-order valence-electron chi connectivity index (χ2n) is 17.4. The Morgan fingerprint density at radius 3 is 1.88 bits per heavy atom. The topological polar surface area (TPSA) is 231 Å². The number of nitrogens with one attached hydrogen (secondary N) is 2. The molecule has 1 aromatic carbocycles. The van der Waals surface area contributed by atoms with Crippen LogP contribution in [-0.2, 0) is 39.4 Å². The second kappa shape index (κ2) is 21.9. The van der Waals surface area contributed by atoms with E-state index in [1.165, 1.54) is 0 Å². The molecule has 0 aliphatic carbocycles. The third-order valence-electron chi connectivity index (χ3n) is 11.9. The molecule has 1 fully saturated rings. The van der Waals surface area contributed by atoms with Crippen LogP contribution in [-0.4, -0.2) is 151 Å². The Balaban J connectivity index is 0.00000648. The molecular formula is C47H52GdN11O7. The zero-order valence-corrected chi connectivity index (χ0v) is 39.2. The Labute approximate surface area is 414 Å². The van der Waals surface area contributed by atoms with E-state index in [1.807, 2.05) is 48.7 Å². The summed E-state index contributed by atoms with van der Waals surface area (Å²) < 4.78 is 7.88. The smallest absolute Gasteiger partial charge is 0.549 e. The monoisotopic (exact) mass is 1040 g/mol. The van der Waals surface area contributed by atoms with E-state index in [4.69, 9.17) is 14.7 Å². The summed E-state index contributed by atoms with van der Waals surface area (Å²) in [6.07, 6.45) is 6.69. The molecule has 1 saturated heterocycles. The summed E-state index contributed by atoms with van der Waals surface area (Å²) >= 11 is 0. The van der Waals surface area contributed by atoms with Crippen LogP contribution < -0.4 is 20.1 Å². The molecular weight excluding hydrogens is 988 g/mol. The number of carbonyl (C=O) groups is 3. The van der Waals surface area contributed by atoms with Crippen molar-refractivity contribution in [3.63, 3.8) is 0 Å². The first-order valence-electron chi connectivity index (χ1n) is 21.8. The van der Waals surface area contributed by atoms with Gasteiger partial charge in [0.05, 0.1) is 42.0 Å². The number of fused-ring (bicyclic) bond motifs is 8. The number of hydrogen-bond donors (Lipinski definition) is 2. The number of hydrogen-bond acceptors (Lipinski definition) is 15. The van der Waals surface area contributed by atoms with E-state index in [-0.39, 0.29) is 97.8 Å². The SMILES string of the molecule is CC1(C)Cc2cc3ccc([nH]3)c(-c3ccc(OCc4cn(CCN5CCN(CC(=O)[O-])CCN(CC(=O)[O-])CCN(CC(=O)[O-])CC5)nn4)cc3)c3nc(cc4ccc(cc1n2)[nH]4)C=C3.[Gd+3]. The molecule has 8 bridgehead atoms. The molecule has 0 amide bonds. The summed E-state index contributed by atoms with van der Waals surface area (Å²) in [5.41, 5.74) is 9.98. The third kappa shape index (κ3) is 13.1. The van der Waals surface area contributed by atoms with E-state index in [0.29, 0.717) is 50.7 Å². The van der Waals surface area contributed by atoms with Crippen LogP contribution in [0.5, 0.6) is 5.75 Å². The van der Waals surface area contributed by atoms with Crippen molar-refractivity contribution >= 4 is 52.1 Å². The predicted octanol–water partition coefficient (Wildman–Crippen LogP) is 0.314. The molecule has 7 heterocycles. The van der Waals surface area contributed by atoms with Crippen LogP contribution in [0.2, 0.25) is 0 Å². The van der Waals surface area contributed by atoms with Gasteiger partial charge in [0.1, 0.15) is 18.1 Å². The van der Waals surface area contributed by atoms with Gasteiger partial charge in [-0.15, -0.1) is 5.10 Å². The number of carboxylic acid groups (broad SMARTS) is 3. The molecule has 19 heteroatoms. The molecule has 4 aromatic heterocycles. The van der Waals surface area contributed by atoms with Gasteiger partial charge in [0.2, 0.25) is 0 Å². The van der Waals surface area contributed by atoms with Gasteiger partial charge in [-0.2, -0.15) is 0 Å². The number of aliphatic carboxylic acids is 3. The maximum Gasteiger partial charge on any atom is 3.00 e. The van der Waals surface area contributed by atoms with Crippen molar-refractivity contribution in [3.8, 4) is 16.9 Å². The van der Waals surface area contributed by atoms with Gasteiger partial charge in [-0.25, -0.2) is 4.98 Å². The Morgan fingerprint density at radius 2 is 1.26 bits per heavy atom. The number of ether oxygens (including phenoxy) is 1. The number of benzene rings is 1. The van der Waals surface area contributed by atoms with Crippen LogP contribution in [0.1, 0.15) is 42.3 Å². The first kappa shape index (κ1) is 48.5. The van der Waals surface area contributed by atoms with E-state index >= 15 is 0 Å². The number of carbonyl (C=O) groups excluding carboxylic acids is 3. The Hall–Kier alpha value is -5.41. The number of nitrogens with zero attached hydrogens (tertiary/aromatic N) is 9. The maximum absolute atomic E-state index is 11.6. The van der Waals surface area contributed by atoms with Gasteiger partial charge in [-0.05, 0) is 72.3 Å². The molecule has 8 rings (SSSR count). The molecule has 0 spiro atoms. The number of rotatable bonds is 13. The fourth-order valence-corrected chi connectivity index (χ4v) is 8.42. The molecule has 1 radical (unpaired) electrons. The second-order valence-corrected chi connectivity index (χ2v) is 17.4. The van der Waals surface area contributed by atoms with E-state index in [1.54, 1.807) is 19.4 Å². The van der Waals surface area contributed by atoms with Gasteiger partial charge in [-0.3, -0.25) is 29.3 Å². The summed E-state index contributed by atoms with van der Waals surface area (Å²) in [7, 11) is 0. The van der Waals surface area contributed by atoms with Crippen LogP contribution >= 0.6 is 0 Å². The molecule has 0 atom stereocenters. The zero-order chi connectivity index (χ0) is 45.5. The van der Waals surface area contributed by atoms with E-state index in [0.717, 1.165) is 62.4 Å². The van der Waals surface area contributed by atoms with Gasteiger partial charge in [-0.1, -0.05) is 31.2 Å². The summed E-state index contributed by atoms with van der Waals surface area (Å²) in [5, 5.41) is 43.1. The standard InChI is InChI=1S/C47H55N11O7.Gd/c1-47(2)26-37-24-35-8-12-41(50-35)46(40-11-7-34(49-40)23-33-5-6-36(48-33)25-42(47)51-37)32-3-9-39(10-4-32)65-31-38-27-58(53-52-38)22-21-54-13-15-55(28-43(59)60)17-19-57(30-45(63)64)20-18-56(16-14-54)29-44(61)62;/h3-12,23-25,27,48,50H,13-22,26,28-31H2,1-2H3,(H,59,60)(H,61,62)(H,63,64);/q;+3/p-3. The molecule has 66 heavy (non-hydrogen) atoms. The maximum atomic E-state index is 11.6. The minimum Gasteiger partial charge on any atom is -0.549 e. The largest absolute Gasteiger partial charge is 3.00 e. The minimum absolute atomic E-state index is 0. The van der Waals surface area contributed by atoms with Crippen molar-refractivity contribution in [3.05, 3.63) is 101 Å². The summed E-state index contributed by atoms with van der Waals surface area (Å²) in [6.45, 7) is 7.42. The quantitative estimate of drug-likeness (QED) is 0.159. The molecule has 18 nitrogen and oxygen atoms in total. The predicted molar refractivity (Wildman–Crippen MR) is 237 cm³/mol. The summed E-state index contributed by atoms with van der Waals surface area (Å²) in [5.74, 6) is -3.07. The third-order valence-corrected chi connectivity index (χ3v) is 11.9. The van der Waals surface area contributed by atoms with Gasteiger partial charge in [0.25, 0.3) is 0 Å². The number of aromatic amines is 2. The summed E-state index contributed by atoms with van der Waals surface area (Å²) in [4.78, 5) is 58.8. The Bertz CT molecular complexity index is 2680. The molecule has 3 aliphatic rings. The first-order chi connectivity index (χ1) is 31.3. The van der Waals surface area contributed by atoms with Crippen LogP contribution in [0, 0.1) is 39.9 Å². The van der Waals surface area contributed by atoms with Gasteiger partial charge < -0.3 is 44.4 Å². The Kier molecular flexibility index (Phi) is 16.1. The number of aromatic nitrogens is 7. The van der Waals surface area contributed by atoms with Crippen LogP contribution in [0.4, 0.5) is 0 Å². The fraction of sp³-hybridized carbons (Fsp3) is 0.383. The van der Waals surface area contributed by atoms with E-state index in [2.05, 4.69) is 75.4 Å². The van der Waals surface area contributed by atoms with Gasteiger partial charge >= 0.3 is 39.9 Å². The van der Waals surface area contributed by atoms with Crippen molar-refractivity contribution in [2.24, 2.45) is 0 Å². The zero-order valence-electron chi connectivity index (χ0n) is 36.9. The molecule has 0 saturated carbocycles.